The van der Waals surface area contributed by atoms with Crippen molar-refractivity contribution in [3.05, 3.63) is 29.8 Å². The molecule has 2 amide bonds. The molecule has 3 N–H and O–H groups in total. The molecule has 5 heteroatoms. The van der Waals surface area contributed by atoms with E-state index in [1.54, 1.807) is 17.0 Å². The first-order valence-electron chi connectivity index (χ1n) is 8.05. The average Bonchev–Trinajstić information content (AvgIpc) is 2.55. The van der Waals surface area contributed by atoms with Gasteiger partial charge in [-0.05, 0) is 31.4 Å². The molecule has 1 aliphatic rings. The first kappa shape index (κ1) is 16.3. The fourth-order valence-electron chi connectivity index (χ4n) is 2.74. The van der Waals surface area contributed by atoms with E-state index in [2.05, 4.69) is 12.2 Å². The van der Waals surface area contributed by atoms with Crippen molar-refractivity contribution in [1.29, 1.82) is 0 Å². The lowest BCUT2D eigenvalue weighted by Crippen LogP contribution is -2.43. The number of nitrogens with zero attached hydrogens (tertiary/aromatic N) is 1. The molecule has 0 saturated carbocycles. The van der Waals surface area contributed by atoms with Gasteiger partial charge in [0, 0.05) is 31.2 Å². The number of hydrogen-bond donors (Lipinski definition) is 2. The summed E-state index contributed by atoms with van der Waals surface area (Å²) in [6.07, 6.45) is 3.52. The molecular weight excluding hydrogens is 278 g/mol. The highest BCUT2D eigenvalue weighted by Gasteiger charge is 2.28. The number of nitrogens with two attached hydrogens (primary N) is 1. The molecule has 0 aromatic heterocycles. The Hall–Kier alpha value is -2.04. The van der Waals surface area contributed by atoms with Crippen LogP contribution in [-0.4, -0.2) is 36.3 Å². The molecule has 0 bridgehead atoms. The van der Waals surface area contributed by atoms with E-state index in [-0.39, 0.29) is 17.7 Å². The van der Waals surface area contributed by atoms with E-state index in [1.165, 1.54) is 0 Å². The van der Waals surface area contributed by atoms with E-state index in [9.17, 15) is 9.59 Å². The standard InChI is InChI=1S/C17H25N3O2/c1-2-3-10-19-16(21)13-8-11-20(12-9-13)17(22)14-6-4-5-7-15(14)18/h4-7,13H,2-3,8-12,18H2,1H3,(H,19,21). The van der Waals surface area contributed by atoms with Gasteiger partial charge < -0.3 is 16.0 Å². The van der Waals surface area contributed by atoms with Gasteiger partial charge >= 0.3 is 0 Å². The summed E-state index contributed by atoms with van der Waals surface area (Å²) < 4.78 is 0. The fourth-order valence-corrected chi connectivity index (χ4v) is 2.74. The highest BCUT2D eigenvalue weighted by molar-refractivity contribution is 5.99. The van der Waals surface area contributed by atoms with Crippen molar-refractivity contribution in [3.8, 4) is 0 Å². The molecule has 0 spiro atoms. The monoisotopic (exact) mass is 303 g/mol. The molecule has 5 nitrogen and oxygen atoms in total. The van der Waals surface area contributed by atoms with Crippen LogP contribution < -0.4 is 11.1 Å². The van der Waals surface area contributed by atoms with Gasteiger partial charge in [0.1, 0.15) is 0 Å². The van der Waals surface area contributed by atoms with Gasteiger partial charge in [-0.15, -0.1) is 0 Å². The minimum atomic E-state index is -0.0389. The Kier molecular flexibility index (Phi) is 5.81. The number of rotatable bonds is 5. The van der Waals surface area contributed by atoms with Crippen LogP contribution in [0.25, 0.3) is 0 Å². The van der Waals surface area contributed by atoms with Gasteiger partial charge in [0.25, 0.3) is 5.91 Å². The fraction of sp³-hybridized carbons (Fsp3) is 0.529. The number of para-hydroxylation sites is 1. The Morgan fingerprint density at radius 3 is 2.59 bits per heavy atom. The maximum atomic E-state index is 12.5. The zero-order valence-electron chi connectivity index (χ0n) is 13.2. The lowest BCUT2D eigenvalue weighted by molar-refractivity contribution is -0.126. The van der Waals surface area contributed by atoms with Crippen molar-refractivity contribution in [3.63, 3.8) is 0 Å². The lowest BCUT2D eigenvalue weighted by atomic mass is 9.95. The van der Waals surface area contributed by atoms with Crippen molar-refractivity contribution in [2.45, 2.75) is 32.6 Å². The third kappa shape index (κ3) is 4.00. The highest BCUT2D eigenvalue weighted by atomic mass is 16.2. The van der Waals surface area contributed by atoms with Crippen LogP contribution in [0.15, 0.2) is 24.3 Å². The zero-order valence-corrected chi connectivity index (χ0v) is 13.2. The second-order valence-corrected chi connectivity index (χ2v) is 5.80. The number of piperidine rings is 1. The number of carbonyl (C=O) groups is 2. The Morgan fingerprint density at radius 2 is 1.95 bits per heavy atom. The van der Waals surface area contributed by atoms with Gasteiger partial charge in [-0.1, -0.05) is 25.5 Å². The van der Waals surface area contributed by atoms with Gasteiger partial charge in [-0.3, -0.25) is 9.59 Å². The van der Waals surface area contributed by atoms with Gasteiger partial charge in [0.15, 0.2) is 0 Å². The minimum absolute atomic E-state index is 0.0222. The summed E-state index contributed by atoms with van der Waals surface area (Å²) in [5.41, 5.74) is 6.92. The summed E-state index contributed by atoms with van der Waals surface area (Å²) in [5.74, 6) is 0.108. The van der Waals surface area contributed by atoms with Gasteiger partial charge in [0.05, 0.1) is 5.56 Å². The predicted octanol–water partition coefficient (Wildman–Crippen LogP) is 2.04. The van der Waals surface area contributed by atoms with Crippen molar-refractivity contribution < 1.29 is 9.59 Å². The average molecular weight is 303 g/mol. The van der Waals surface area contributed by atoms with E-state index in [0.717, 1.165) is 32.2 Å². The SMILES string of the molecule is CCCCNC(=O)C1CCN(C(=O)c2ccccc2N)CC1. The first-order valence-corrected chi connectivity index (χ1v) is 8.05. The maximum absolute atomic E-state index is 12.5. The van der Waals surface area contributed by atoms with Gasteiger partial charge in [-0.2, -0.15) is 0 Å². The minimum Gasteiger partial charge on any atom is -0.398 e. The summed E-state index contributed by atoms with van der Waals surface area (Å²) in [4.78, 5) is 26.3. The zero-order chi connectivity index (χ0) is 15.9. The van der Waals surface area contributed by atoms with E-state index in [4.69, 9.17) is 5.73 Å². The van der Waals surface area contributed by atoms with Gasteiger partial charge in [0.2, 0.25) is 5.91 Å². The molecule has 1 aromatic carbocycles. The summed E-state index contributed by atoms with van der Waals surface area (Å²) in [6, 6.07) is 7.12. The third-order valence-corrected chi connectivity index (χ3v) is 4.17. The molecule has 1 heterocycles. The first-order chi connectivity index (χ1) is 10.6. The number of hydrogen-bond acceptors (Lipinski definition) is 3. The molecule has 0 radical (unpaired) electrons. The Morgan fingerprint density at radius 1 is 1.27 bits per heavy atom. The summed E-state index contributed by atoms with van der Waals surface area (Å²) in [5, 5.41) is 2.98. The Labute approximate surface area is 131 Å². The van der Waals surface area contributed by atoms with E-state index < -0.39 is 0 Å². The maximum Gasteiger partial charge on any atom is 0.255 e. The van der Waals surface area contributed by atoms with E-state index >= 15 is 0 Å². The third-order valence-electron chi connectivity index (χ3n) is 4.17. The summed E-state index contributed by atoms with van der Waals surface area (Å²) in [6.45, 7) is 4.07. The number of nitrogens with one attached hydrogen (secondary N) is 1. The summed E-state index contributed by atoms with van der Waals surface area (Å²) in [7, 11) is 0. The number of unbranched alkanes of at least 4 members (excludes halogenated alkanes) is 1. The van der Waals surface area contributed by atoms with Crippen LogP contribution in [0.3, 0.4) is 0 Å². The quantitative estimate of drug-likeness (QED) is 0.645. The highest BCUT2D eigenvalue weighted by Crippen LogP contribution is 2.21. The second-order valence-electron chi connectivity index (χ2n) is 5.80. The van der Waals surface area contributed by atoms with Crippen LogP contribution in [0.5, 0.6) is 0 Å². The van der Waals surface area contributed by atoms with Crippen LogP contribution in [-0.2, 0) is 4.79 Å². The molecule has 0 unspecified atom stereocenters. The summed E-state index contributed by atoms with van der Waals surface area (Å²) >= 11 is 0. The van der Waals surface area contributed by atoms with Crippen molar-refractivity contribution in [2.75, 3.05) is 25.4 Å². The van der Waals surface area contributed by atoms with Crippen molar-refractivity contribution >= 4 is 17.5 Å². The van der Waals surface area contributed by atoms with Crippen LogP contribution >= 0.6 is 0 Å². The molecule has 22 heavy (non-hydrogen) atoms. The molecule has 0 atom stereocenters. The van der Waals surface area contributed by atoms with Crippen molar-refractivity contribution in [2.24, 2.45) is 5.92 Å². The largest absolute Gasteiger partial charge is 0.398 e. The topological polar surface area (TPSA) is 75.4 Å². The molecule has 1 aromatic rings. The van der Waals surface area contributed by atoms with E-state index in [1.807, 2.05) is 12.1 Å². The van der Waals surface area contributed by atoms with Crippen molar-refractivity contribution in [1.82, 2.24) is 10.2 Å². The van der Waals surface area contributed by atoms with Crippen LogP contribution in [0.4, 0.5) is 5.69 Å². The smallest absolute Gasteiger partial charge is 0.255 e. The number of carbonyl (C=O) groups excluding carboxylic acids is 2. The van der Waals surface area contributed by atoms with Crippen LogP contribution in [0.1, 0.15) is 43.0 Å². The van der Waals surface area contributed by atoms with Gasteiger partial charge in [-0.25, -0.2) is 0 Å². The molecule has 2 rings (SSSR count). The molecule has 1 saturated heterocycles. The Balaban J connectivity index is 1.85. The number of nitrogen functional groups attached to an aromatic ring is 1. The second kappa shape index (κ2) is 7.82. The number of amides is 2. The number of anilines is 1. The molecule has 1 fully saturated rings. The molecule has 0 aliphatic carbocycles. The number of likely N-dealkylation sites (tertiary alicyclic amines) is 1. The molecule has 120 valence electrons. The lowest BCUT2D eigenvalue weighted by Gasteiger charge is -2.31. The molecule has 1 aliphatic heterocycles. The Bertz CT molecular complexity index is 522. The van der Waals surface area contributed by atoms with E-state index in [0.29, 0.717) is 24.3 Å². The van der Waals surface area contributed by atoms with Crippen LogP contribution in [0, 0.1) is 5.92 Å². The molecular formula is C17H25N3O2. The number of benzene rings is 1. The normalized spacial score (nSPS) is 15.6. The van der Waals surface area contributed by atoms with Crippen LogP contribution in [0.2, 0.25) is 0 Å². The predicted molar refractivity (Wildman–Crippen MR) is 87.4 cm³/mol.